The summed E-state index contributed by atoms with van der Waals surface area (Å²) in [5.41, 5.74) is 1.51. The van der Waals surface area contributed by atoms with Crippen LogP contribution in [0.2, 0.25) is 0 Å². The van der Waals surface area contributed by atoms with Gasteiger partial charge in [-0.15, -0.1) is 0 Å². The highest BCUT2D eigenvalue weighted by molar-refractivity contribution is 5.73. The molecule has 0 aromatic rings. The standard InChI is InChI=1S/C15H25NO/c1-5-16(14(4)17)10-6-7-15-9-8-12(2)11-13(15)3/h6-7,11,13,15H,5,8-10H2,1-4H3. The molecule has 0 saturated heterocycles. The molecule has 1 rings (SSSR count). The van der Waals surface area contributed by atoms with Crippen LogP contribution in [-0.4, -0.2) is 23.9 Å². The van der Waals surface area contributed by atoms with E-state index in [2.05, 4.69) is 32.1 Å². The molecule has 96 valence electrons. The lowest BCUT2D eigenvalue weighted by molar-refractivity contribution is -0.128. The Hall–Kier alpha value is -1.05. The minimum absolute atomic E-state index is 0.157. The van der Waals surface area contributed by atoms with Crippen LogP contribution in [0, 0.1) is 11.8 Å². The number of carbonyl (C=O) groups excluding carboxylic acids is 1. The van der Waals surface area contributed by atoms with Crippen molar-refractivity contribution >= 4 is 5.91 Å². The topological polar surface area (TPSA) is 20.3 Å². The number of nitrogens with zero attached hydrogens (tertiary/aromatic N) is 1. The van der Waals surface area contributed by atoms with Gasteiger partial charge in [-0.2, -0.15) is 0 Å². The maximum Gasteiger partial charge on any atom is 0.219 e. The zero-order chi connectivity index (χ0) is 12.8. The Morgan fingerprint density at radius 2 is 2.29 bits per heavy atom. The van der Waals surface area contributed by atoms with Gasteiger partial charge in [-0.25, -0.2) is 0 Å². The highest BCUT2D eigenvalue weighted by Crippen LogP contribution is 2.29. The smallest absolute Gasteiger partial charge is 0.219 e. The number of hydrogen-bond acceptors (Lipinski definition) is 1. The number of rotatable bonds is 4. The van der Waals surface area contributed by atoms with Gasteiger partial charge in [-0.05, 0) is 38.5 Å². The van der Waals surface area contributed by atoms with Gasteiger partial charge in [0, 0.05) is 20.0 Å². The van der Waals surface area contributed by atoms with Crippen LogP contribution in [0.15, 0.2) is 23.8 Å². The van der Waals surface area contributed by atoms with Crippen molar-refractivity contribution in [3.8, 4) is 0 Å². The van der Waals surface area contributed by atoms with Crippen LogP contribution in [0.5, 0.6) is 0 Å². The van der Waals surface area contributed by atoms with E-state index in [9.17, 15) is 4.79 Å². The molecule has 0 radical (unpaired) electrons. The van der Waals surface area contributed by atoms with Crippen LogP contribution in [-0.2, 0) is 4.79 Å². The molecule has 1 aliphatic rings. The molecule has 0 spiro atoms. The SMILES string of the molecule is CCN(CC=CC1CCC(C)=CC1C)C(C)=O. The second kappa shape index (κ2) is 6.63. The third kappa shape index (κ3) is 4.37. The Morgan fingerprint density at radius 3 is 2.82 bits per heavy atom. The maximum absolute atomic E-state index is 11.2. The van der Waals surface area contributed by atoms with Crippen molar-refractivity contribution in [3.63, 3.8) is 0 Å². The highest BCUT2D eigenvalue weighted by Gasteiger charge is 2.16. The fourth-order valence-electron chi connectivity index (χ4n) is 2.43. The van der Waals surface area contributed by atoms with E-state index < -0.39 is 0 Å². The monoisotopic (exact) mass is 235 g/mol. The average molecular weight is 235 g/mol. The first-order chi connectivity index (χ1) is 8.04. The Balaban J connectivity index is 2.46. The largest absolute Gasteiger partial charge is 0.340 e. The molecule has 0 fully saturated rings. The second-order valence-corrected chi connectivity index (χ2v) is 5.06. The molecule has 1 aliphatic carbocycles. The van der Waals surface area contributed by atoms with Crippen LogP contribution in [0.25, 0.3) is 0 Å². The fourth-order valence-corrected chi connectivity index (χ4v) is 2.43. The summed E-state index contributed by atoms with van der Waals surface area (Å²) in [6.07, 6.45) is 9.27. The first kappa shape index (κ1) is 14.0. The van der Waals surface area contributed by atoms with Gasteiger partial charge in [0.2, 0.25) is 5.91 Å². The van der Waals surface area contributed by atoms with Crippen molar-refractivity contribution in [2.75, 3.05) is 13.1 Å². The van der Waals surface area contributed by atoms with E-state index in [-0.39, 0.29) is 5.91 Å². The normalized spacial score (nSPS) is 24.8. The molecule has 0 saturated carbocycles. The van der Waals surface area contributed by atoms with E-state index in [1.54, 1.807) is 6.92 Å². The number of amides is 1. The average Bonchev–Trinajstić information content (AvgIpc) is 2.26. The lowest BCUT2D eigenvalue weighted by Gasteiger charge is -2.24. The van der Waals surface area contributed by atoms with E-state index in [1.165, 1.54) is 18.4 Å². The van der Waals surface area contributed by atoms with Crippen LogP contribution in [0.1, 0.15) is 40.5 Å². The summed E-state index contributed by atoms with van der Waals surface area (Å²) in [6, 6.07) is 0. The summed E-state index contributed by atoms with van der Waals surface area (Å²) >= 11 is 0. The lowest BCUT2D eigenvalue weighted by Crippen LogP contribution is -2.28. The summed E-state index contributed by atoms with van der Waals surface area (Å²) in [7, 11) is 0. The molecule has 1 amide bonds. The number of likely N-dealkylation sites (N-methyl/N-ethyl adjacent to an activating group) is 1. The predicted molar refractivity (Wildman–Crippen MR) is 72.7 cm³/mol. The summed E-state index contributed by atoms with van der Waals surface area (Å²) in [4.78, 5) is 13.1. The predicted octanol–water partition coefficient (Wildman–Crippen LogP) is 3.40. The van der Waals surface area contributed by atoms with E-state index >= 15 is 0 Å². The zero-order valence-electron chi connectivity index (χ0n) is 11.6. The number of hydrogen-bond donors (Lipinski definition) is 0. The summed E-state index contributed by atoms with van der Waals surface area (Å²) in [6.45, 7) is 9.68. The molecule has 0 heterocycles. The van der Waals surface area contributed by atoms with Gasteiger partial charge in [-0.3, -0.25) is 4.79 Å². The minimum Gasteiger partial charge on any atom is -0.340 e. The van der Waals surface area contributed by atoms with Crippen molar-refractivity contribution in [1.82, 2.24) is 4.90 Å². The van der Waals surface area contributed by atoms with Crippen LogP contribution in [0.3, 0.4) is 0 Å². The van der Waals surface area contributed by atoms with Gasteiger partial charge in [-0.1, -0.05) is 30.7 Å². The van der Waals surface area contributed by atoms with Crippen LogP contribution >= 0.6 is 0 Å². The van der Waals surface area contributed by atoms with Crippen molar-refractivity contribution in [3.05, 3.63) is 23.8 Å². The first-order valence-corrected chi connectivity index (χ1v) is 6.64. The number of allylic oxidation sites excluding steroid dienone is 3. The molecule has 0 bridgehead atoms. The van der Waals surface area contributed by atoms with E-state index in [4.69, 9.17) is 0 Å². The molecule has 17 heavy (non-hydrogen) atoms. The summed E-state index contributed by atoms with van der Waals surface area (Å²) in [5.74, 6) is 1.43. The molecule has 0 aromatic carbocycles. The lowest BCUT2D eigenvalue weighted by atomic mass is 9.82. The molecular weight excluding hydrogens is 210 g/mol. The van der Waals surface area contributed by atoms with Crippen LogP contribution in [0.4, 0.5) is 0 Å². The van der Waals surface area contributed by atoms with Gasteiger partial charge in [0.05, 0.1) is 0 Å². The second-order valence-electron chi connectivity index (χ2n) is 5.06. The molecular formula is C15H25NO. The Bertz CT molecular complexity index is 317. The first-order valence-electron chi connectivity index (χ1n) is 6.64. The highest BCUT2D eigenvalue weighted by atomic mass is 16.2. The van der Waals surface area contributed by atoms with Crippen molar-refractivity contribution < 1.29 is 4.79 Å². The van der Waals surface area contributed by atoms with E-state index in [1.807, 2.05) is 11.8 Å². The van der Waals surface area contributed by atoms with Crippen molar-refractivity contribution in [1.29, 1.82) is 0 Å². The quantitative estimate of drug-likeness (QED) is 0.684. The molecule has 2 unspecified atom stereocenters. The van der Waals surface area contributed by atoms with Crippen molar-refractivity contribution in [2.45, 2.75) is 40.5 Å². The fraction of sp³-hybridized carbons (Fsp3) is 0.667. The third-order valence-corrected chi connectivity index (χ3v) is 3.63. The number of carbonyl (C=O) groups is 1. The Kier molecular flexibility index (Phi) is 5.46. The zero-order valence-corrected chi connectivity index (χ0v) is 11.6. The van der Waals surface area contributed by atoms with Gasteiger partial charge < -0.3 is 4.90 Å². The molecule has 2 heteroatoms. The molecule has 0 aliphatic heterocycles. The van der Waals surface area contributed by atoms with Gasteiger partial charge >= 0.3 is 0 Å². The maximum atomic E-state index is 11.2. The molecule has 2 nitrogen and oxygen atoms in total. The molecule has 2 atom stereocenters. The molecule has 0 N–H and O–H groups in total. The van der Waals surface area contributed by atoms with E-state index in [0.29, 0.717) is 11.8 Å². The summed E-state index contributed by atoms with van der Waals surface area (Å²) in [5, 5.41) is 0. The van der Waals surface area contributed by atoms with Crippen LogP contribution < -0.4 is 0 Å². The molecule has 0 aromatic heterocycles. The van der Waals surface area contributed by atoms with E-state index in [0.717, 1.165) is 13.1 Å². The Morgan fingerprint density at radius 1 is 1.59 bits per heavy atom. The van der Waals surface area contributed by atoms with Crippen molar-refractivity contribution in [2.24, 2.45) is 11.8 Å². The van der Waals surface area contributed by atoms with Gasteiger partial charge in [0.1, 0.15) is 0 Å². The van der Waals surface area contributed by atoms with Gasteiger partial charge in [0.15, 0.2) is 0 Å². The summed E-state index contributed by atoms with van der Waals surface area (Å²) < 4.78 is 0. The third-order valence-electron chi connectivity index (χ3n) is 3.63. The Labute approximate surface area is 105 Å². The minimum atomic E-state index is 0.157. The van der Waals surface area contributed by atoms with Gasteiger partial charge in [0.25, 0.3) is 0 Å².